The molecule has 114 valence electrons. The maximum absolute atomic E-state index is 13.1. The first-order valence-electron chi connectivity index (χ1n) is 6.72. The third-order valence-electron chi connectivity index (χ3n) is 3.50. The van der Waals surface area contributed by atoms with Crippen molar-refractivity contribution in [2.45, 2.75) is 31.7 Å². The number of carbonyl (C=O) groups is 2. The van der Waals surface area contributed by atoms with Gasteiger partial charge in [0.15, 0.2) is 11.6 Å². The highest BCUT2D eigenvalue weighted by Crippen LogP contribution is 2.24. The molecule has 0 heterocycles. The Morgan fingerprint density at radius 3 is 2.48 bits per heavy atom. The molecule has 0 saturated heterocycles. The monoisotopic (exact) mass is 298 g/mol. The lowest BCUT2D eigenvalue weighted by Gasteiger charge is -2.27. The molecule has 1 aliphatic carbocycles. The normalized spacial score (nSPS) is 15.0. The third-order valence-corrected chi connectivity index (χ3v) is 3.50. The van der Waals surface area contributed by atoms with Gasteiger partial charge in [0.25, 0.3) is 0 Å². The number of rotatable bonds is 4. The SMILES string of the molecule is O=C(O)CN(C(=O)Nc1ccc(F)c(F)c1)C1CCCC1. The third kappa shape index (κ3) is 3.90. The summed E-state index contributed by atoms with van der Waals surface area (Å²) >= 11 is 0. The van der Waals surface area contributed by atoms with Crippen LogP contribution < -0.4 is 5.32 Å². The van der Waals surface area contributed by atoms with Gasteiger partial charge >= 0.3 is 12.0 Å². The van der Waals surface area contributed by atoms with Crippen molar-refractivity contribution in [3.05, 3.63) is 29.8 Å². The van der Waals surface area contributed by atoms with Crippen LogP contribution in [0.3, 0.4) is 0 Å². The molecular formula is C14H16F2N2O3. The van der Waals surface area contributed by atoms with E-state index in [1.165, 1.54) is 11.0 Å². The molecule has 2 amide bonds. The van der Waals surface area contributed by atoms with Gasteiger partial charge in [0.2, 0.25) is 0 Å². The van der Waals surface area contributed by atoms with E-state index in [0.29, 0.717) is 0 Å². The van der Waals surface area contributed by atoms with Crippen LogP contribution in [-0.2, 0) is 4.79 Å². The Labute approximate surface area is 120 Å². The van der Waals surface area contributed by atoms with Gasteiger partial charge in [-0.1, -0.05) is 12.8 Å². The molecule has 0 unspecified atom stereocenters. The van der Waals surface area contributed by atoms with E-state index in [1.807, 2.05) is 0 Å². The highest BCUT2D eigenvalue weighted by atomic mass is 19.2. The first kappa shape index (κ1) is 15.2. The van der Waals surface area contributed by atoms with Gasteiger partial charge in [-0.3, -0.25) is 4.79 Å². The number of aliphatic carboxylic acids is 1. The maximum Gasteiger partial charge on any atom is 0.323 e. The van der Waals surface area contributed by atoms with Gasteiger partial charge in [-0.2, -0.15) is 0 Å². The van der Waals surface area contributed by atoms with Crippen LogP contribution in [-0.4, -0.2) is 34.6 Å². The average molecular weight is 298 g/mol. The minimum absolute atomic E-state index is 0.0901. The molecule has 1 aromatic carbocycles. The van der Waals surface area contributed by atoms with Crippen LogP contribution in [0.5, 0.6) is 0 Å². The van der Waals surface area contributed by atoms with Crippen molar-refractivity contribution in [1.82, 2.24) is 4.90 Å². The molecule has 1 aliphatic rings. The molecule has 0 atom stereocenters. The molecular weight excluding hydrogens is 282 g/mol. The van der Waals surface area contributed by atoms with Gasteiger partial charge in [0.05, 0.1) is 0 Å². The van der Waals surface area contributed by atoms with E-state index in [0.717, 1.165) is 37.8 Å². The molecule has 0 radical (unpaired) electrons. The van der Waals surface area contributed by atoms with E-state index in [-0.39, 0.29) is 11.7 Å². The molecule has 0 aliphatic heterocycles. The molecule has 0 aromatic heterocycles. The van der Waals surface area contributed by atoms with E-state index >= 15 is 0 Å². The lowest BCUT2D eigenvalue weighted by atomic mass is 10.2. The van der Waals surface area contributed by atoms with Gasteiger partial charge in [-0.15, -0.1) is 0 Å². The number of nitrogens with one attached hydrogen (secondary N) is 1. The summed E-state index contributed by atoms with van der Waals surface area (Å²) in [5.41, 5.74) is 0.0901. The van der Waals surface area contributed by atoms with Crippen molar-refractivity contribution in [1.29, 1.82) is 0 Å². The number of hydrogen-bond donors (Lipinski definition) is 2. The molecule has 21 heavy (non-hydrogen) atoms. The number of carboxylic acids is 1. The maximum atomic E-state index is 13.1. The van der Waals surface area contributed by atoms with Crippen LogP contribution in [0.1, 0.15) is 25.7 Å². The van der Waals surface area contributed by atoms with Gasteiger partial charge in [-0.05, 0) is 25.0 Å². The zero-order valence-corrected chi connectivity index (χ0v) is 11.3. The molecule has 1 saturated carbocycles. The summed E-state index contributed by atoms with van der Waals surface area (Å²) in [5, 5.41) is 11.3. The number of benzene rings is 1. The number of carboxylic acid groups (broad SMARTS) is 1. The Kier molecular flexibility index (Phi) is 4.72. The summed E-state index contributed by atoms with van der Waals surface area (Å²) in [7, 11) is 0. The van der Waals surface area contributed by atoms with Crippen molar-refractivity contribution in [2.24, 2.45) is 0 Å². The molecule has 2 rings (SSSR count). The van der Waals surface area contributed by atoms with Crippen molar-refractivity contribution in [2.75, 3.05) is 11.9 Å². The highest BCUT2D eigenvalue weighted by molar-refractivity contribution is 5.91. The number of urea groups is 1. The number of carbonyl (C=O) groups excluding carboxylic acids is 1. The Morgan fingerprint density at radius 2 is 1.90 bits per heavy atom. The second kappa shape index (κ2) is 6.51. The second-order valence-electron chi connectivity index (χ2n) is 5.02. The minimum Gasteiger partial charge on any atom is -0.480 e. The second-order valence-corrected chi connectivity index (χ2v) is 5.02. The fourth-order valence-corrected chi connectivity index (χ4v) is 2.50. The summed E-state index contributed by atoms with van der Waals surface area (Å²) in [5.74, 6) is -3.19. The van der Waals surface area contributed by atoms with Gasteiger partial charge in [0, 0.05) is 17.8 Å². The Balaban J connectivity index is 2.09. The van der Waals surface area contributed by atoms with Gasteiger partial charge in [0.1, 0.15) is 6.54 Å². The van der Waals surface area contributed by atoms with Gasteiger partial charge in [-0.25, -0.2) is 13.6 Å². The predicted molar refractivity (Wildman–Crippen MR) is 72.0 cm³/mol. The highest BCUT2D eigenvalue weighted by Gasteiger charge is 2.28. The summed E-state index contributed by atoms with van der Waals surface area (Å²) < 4.78 is 25.9. The zero-order valence-electron chi connectivity index (χ0n) is 11.3. The van der Waals surface area contributed by atoms with Crippen LogP contribution in [0, 0.1) is 11.6 Å². The Hall–Kier alpha value is -2.18. The zero-order chi connectivity index (χ0) is 15.4. The van der Waals surface area contributed by atoms with E-state index in [4.69, 9.17) is 5.11 Å². The number of hydrogen-bond acceptors (Lipinski definition) is 2. The van der Waals surface area contributed by atoms with Crippen LogP contribution >= 0.6 is 0 Å². The van der Waals surface area contributed by atoms with Crippen LogP contribution in [0.4, 0.5) is 19.3 Å². The summed E-state index contributed by atoms with van der Waals surface area (Å²) in [6, 6.07) is 2.24. The van der Waals surface area contributed by atoms with E-state index in [1.54, 1.807) is 0 Å². The quantitative estimate of drug-likeness (QED) is 0.898. The fraction of sp³-hybridized carbons (Fsp3) is 0.429. The molecule has 0 bridgehead atoms. The number of anilines is 1. The molecule has 0 spiro atoms. The summed E-state index contributed by atoms with van der Waals surface area (Å²) in [6.07, 6.45) is 3.38. The van der Waals surface area contributed by atoms with Crippen LogP contribution in [0.25, 0.3) is 0 Å². The van der Waals surface area contributed by atoms with Crippen molar-refractivity contribution >= 4 is 17.7 Å². The smallest absolute Gasteiger partial charge is 0.323 e. The van der Waals surface area contributed by atoms with Crippen LogP contribution in [0.15, 0.2) is 18.2 Å². The lowest BCUT2D eigenvalue weighted by molar-refractivity contribution is -0.138. The average Bonchev–Trinajstić information content (AvgIpc) is 2.93. The largest absolute Gasteiger partial charge is 0.480 e. The number of nitrogens with zero attached hydrogens (tertiary/aromatic N) is 1. The van der Waals surface area contributed by atoms with Crippen molar-refractivity contribution < 1.29 is 23.5 Å². The Bertz CT molecular complexity index is 545. The van der Waals surface area contributed by atoms with E-state index in [2.05, 4.69) is 5.32 Å². The molecule has 1 fully saturated rings. The molecule has 5 nitrogen and oxygen atoms in total. The fourth-order valence-electron chi connectivity index (χ4n) is 2.50. The molecule has 1 aromatic rings. The Morgan fingerprint density at radius 1 is 1.24 bits per heavy atom. The summed E-state index contributed by atoms with van der Waals surface area (Å²) in [6.45, 7) is -0.416. The first-order valence-corrected chi connectivity index (χ1v) is 6.72. The number of amides is 2. The van der Waals surface area contributed by atoms with Gasteiger partial charge < -0.3 is 15.3 Å². The van der Waals surface area contributed by atoms with Crippen LogP contribution in [0.2, 0.25) is 0 Å². The molecule has 2 N–H and O–H groups in total. The molecule has 7 heteroatoms. The first-order chi connectivity index (χ1) is 9.97. The van der Waals surface area contributed by atoms with Crippen molar-refractivity contribution in [3.63, 3.8) is 0 Å². The minimum atomic E-state index is -1.11. The number of halogens is 2. The standard InChI is InChI=1S/C14H16F2N2O3/c15-11-6-5-9(7-12(11)16)17-14(21)18(8-13(19)20)10-3-1-2-4-10/h5-7,10H,1-4,8H2,(H,17,21)(H,19,20). The van der Waals surface area contributed by atoms with E-state index < -0.39 is 30.2 Å². The van der Waals surface area contributed by atoms with E-state index in [9.17, 15) is 18.4 Å². The predicted octanol–water partition coefficient (Wildman–Crippen LogP) is 2.83. The van der Waals surface area contributed by atoms with Crippen molar-refractivity contribution in [3.8, 4) is 0 Å². The lowest BCUT2D eigenvalue weighted by Crippen LogP contribution is -2.44. The summed E-state index contributed by atoms with van der Waals surface area (Å²) in [4.78, 5) is 24.3. The topological polar surface area (TPSA) is 69.6 Å².